The largest absolute Gasteiger partial charge is 0.260 e. The van der Waals surface area contributed by atoms with Crippen molar-refractivity contribution in [3.05, 3.63) is 23.9 Å². The van der Waals surface area contributed by atoms with Gasteiger partial charge in [-0.1, -0.05) is 6.07 Å². The quantitative estimate of drug-likeness (QED) is 0.802. The first-order valence-electron chi connectivity index (χ1n) is 6.00. The third kappa shape index (κ3) is 3.42. The molecular weight excluding hydrogens is 304 g/mol. The summed E-state index contributed by atoms with van der Waals surface area (Å²) in [6.45, 7) is 5.17. The summed E-state index contributed by atoms with van der Waals surface area (Å²) >= 11 is 7.47. The van der Waals surface area contributed by atoms with E-state index < -0.39 is 10.0 Å². The highest BCUT2D eigenvalue weighted by atomic mass is 35.5. The van der Waals surface area contributed by atoms with E-state index in [1.54, 1.807) is 17.8 Å². The van der Waals surface area contributed by atoms with E-state index in [-0.39, 0.29) is 9.77 Å². The molecule has 1 aromatic rings. The van der Waals surface area contributed by atoms with Crippen LogP contribution in [0.1, 0.15) is 19.4 Å². The fourth-order valence-electron chi connectivity index (χ4n) is 1.95. The van der Waals surface area contributed by atoms with Crippen molar-refractivity contribution >= 4 is 33.4 Å². The zero-order valence-electron chi connectivity index (χ0n) is 11.0. The molecule has 19 heavy (non-hydrogen) atoms. The summed E-state index contributed by atoms with van der Waals surface area (Å²) in [5.41, 5.74) is 0.815. The van der Waals surface area contributed by atoms with Gasteiger partial charge in [0.05, 0.1) is 0 Å². The van der Waals surface area contributed by atoms with Crippen LogP contribution in [0.15, 0.2) is 23.4 Å². The summed E-state index contributed by atoms with van der Waals surface area (Å²) in [4.78, 5) is 4.02. The van der Waals surface area contributed by atoms with Crippen LogP contribution in [0, 0.1) is 0 Å². The highest BCUT2D eigenvalue weighted by Gasteiger charge is 2.35. The van der Waals surface area contributed by atoms with E-state index in [1.165, 1.54) is 16.6 Å². The lowest BCUT2D eigenvalue weighted by Crippen LogP contribution is -2.46. The third-order valence-corrected chi connectivity index (χ3v) is 6.31. The molecule has 7 heteroatoms. The van der Waals surface area contributed by atoms with E-state index in [1.807, 2.05) is 0 Å². The Hall–Kier alpha value is -0.300. The summed E-state index contributed by atoms with van der Waals surface area (Å²) in [5, 5.41) is 0.101. The van der Waals surface area contributed by atoms with Crippen LogP contribution in [0.4, 0.5) is 0 Å². The van der Waals surface area contributed by atoms with Crippen molar-refractivity contribution in [2.24, 2.45) is 0 Å². The number of hydrogen-bond acceptors (Lipinski definition) is 4. The van der Waals surface area contributed by atoms with Gasteiger partial charge >= 0.3 is 0 Å². The molecule has 0 bridgehead atoms. The molecule has 1 aliphatic rings. The monoisotopic (exact) mass is 320 g/mol. The molecule has 0 aliphatic carbocycles. The van der Waals surface area contributed by atoms with Crippen LogP contribution in [-0.4, -0.2) is 41.3 Å². The zero-order valence-corrected chi connectivity index (χ0v) is 13.4. The molecular formula is C12H17ClN2O2S2. The van der Waals surface area contributed by atoms with Gasteiger partial charge in [-0.15, -0.1) is 11.6 Å². The van der Waals surface area contributed by atoms with Crippen molar-refractivity contribution in [2.45, 2.75) is 29.5 Å². The number of aromatic nitrogens is 1. The molecule has 2 heterocycles. The fraction of sp³-hybridized carbons (Fsp3) is 0.583. The lowest BCUT2D eigenvalue weighted by Gasteiger charge is -2.36. The Kier molecular flexibility index (Phi) is 4.45. The maximum atomic E-state index is 12.5. The van der Waals surface area contributed by atoms with Crippen LogP contribution in [0.3, 0.4) is 0 Å². The third-order valence-electron chi connectivity index (χ3n) is 2.95. The summed E-state index contributed by atoms with van der Waals surface area (Å²) in [7, 11) is -3.49. The summed E-state index contributed by atoms with van der Waals surface area (Å²) < 4.78 is 26.5. The minimum atomic E-state index is -3.49. The van der Waals surface area contributed by atoms with Crippen molar-refractivity contribution < 1.29 is 8.42 Å². The highest BCUT2D eigenvalue weighted by molar-refractivity contribution is 8.00. The van der Waals surface area contributed by atoms with Gasteiger partial charge in [-0.05, 0) is 25.5 Å². The topological polar surface area (TPSA) is 50.3 Å². The Bertz CT molecular complexity index is 543. The van der Waals surface area contributed by atoms with Gasteiger partial charge in [-0.25, -0.2) is 13.4 Å². The fourth-order valence-corrected chi connectivity index (χ4v) is 4.93. The van der Waals surface area contributed by atoms with Gasteiger partial charge in [0.25, 0.3) is 10.0 Å². The Balaban J connectivity index is 2.26. The number of alkyl halides is 1. The second-order valence-electron chi connectivity index (χ2n) is 5.09. The molecule has 0 saturated carbocycles. The molecule has 0 aromatic carbocycles. The minimum Gasteiger partial charge on any atom is -0.243 e. The Morgan fingerprint density at radius 3 is 2.74 bits per heavy atom. The van der Waals surface area contributed by atoms with Crippen molar-refractivity contribution in [3.63, 3.8) is 0 Å². The maximum Gasteiger partial charge on any atom is 0.260 e. The molecule has 2 rings (SSSR count). The Labute approximate surface area is 123 Å². The Morgan fingerprint density at radius 2 is 2.21 bits per heavy atom. The number of thioether (sulfide) groups is 1. The molecule has 1 aliphatic heterocycles. The first-order chi connectivity index (χ1) is 8.85. The average molecular weight is 321 g/mol. The second kappa shape index (κ2) is 5.60. The summed E-state index contributed by atoms with van der Waals surface area (Å²) in [6, 6.07) is 3.23. The first kappa shape index (κ1) is 15.1. The zero-order chi connectivity index (χ0) is 14.1. The van der Waals surface area contributed by atoms with Crippen molar-refractivity contribution in [1.29, 1.82) is 0 Å². The molecule has 4 nitrogen and oxygen atoms in total. The predicted molar refractivity (Wildman–Crippen MR) is 79.1 cm³/mol. The molecule has 0 amide bonds. The van der Waals surface area contributed by atoms with Gasteiger partial charge in [0.1, 0.15) is 0 Å². The van der Waals surface area contributed by atoms with Crippen molar-refractivity contribution in [1.82, 2.24) is 9.29 Å². The van der Waals surface area contributed by atoms with Crippen molar-refractivity contribution in [2.75, 3.05) is 18.8 Å². The highest BCUT2D eigenvalue weighted by Crippen LogP contribution is 2.32. The summed E-state index contributed by atoms with van der Waals surface area (Å²) in [6.07, 6.45) is 1.52. The standard InChI is InChI=1S/C12H17ClN2O2S2/c1-12(2)9-15(5-6-18-12)19(16,17)11-4-3-10(7-13)8-14-11/h3-4,8H,5-7,9H2,1-2H3. The van der Waals surface area contributed by atoms with Gasteiger partial charge in [0.15, 0.2) is 5.03 Å². The maximum absolute atomic E-state index is 12.5. The van der Waals surface area contributed by atoms with Crippen LogP contribution in [0.2, 0.25) is 0 Å². The number of halogens is 1. The molecule has 0 radical (unpaired) electrons. The Morgan fingerprint density at radius 1 is 1.47 bits per heavy atom. The van der Waals surface area contributed by atoms with E-state index in [0.717, 1.165) is 11.3 Å². The molecule has 1 aromatic heterocycles. The SMILES string of the molecule is CC1(C)CN(S(=O)(=O)c2ccc(CCl)cn2)CCS1. The minimum absolute atomic E-state index is 0.0542. The van der Waals surface area contributed by atoms with E-state index in [0.29, 0.717) is 19.0 Å². The van der Waals surface area contributed by atoms with Gasteiger partial charge in [-0.2, -0.15) is 16.1 Å². The summed E-state index contributed by atoms with van der Waals surface area (Å²) in [5.74, 6) is 1.15. The molecule has 106 valence electrons. The number of sulfonamides is 1. The first-order valence-corrected chi connectivity index (χ1v) is 8.96. The molecule has 0 unspecified atom stereocenters. The van der Waals surface area contributed by atoms with Gasteiger partial charge in [0, 0.05) is 35.7 Å². The molecule has 0 atom stereocenters. The van der Waals surface area contributed by atoms with Crippen molar-refractivity contribution in [3.8, 4) is 0 Å². The van der Waals surface area contributed by atoms with E-state index in [2.05, 4.69) is 18.8 Å². The number of pyridine rings is 1. The predicted octanol–water partition coefficient (Wildman–Crippen LogP) is 2.34. The smallest absolute Gasteiger partial charge is 0.243 e. The van der Waals surface area contributed by atoms with Crippen LogP contribution in [0.25, 0.3) is 0 Å². The number of nitrogens with zero attached hydrogens (tertiary/aromatic N) is 2. The lowest BCUT2D eigenvalue weighted by molar-refractivity contribution is 0.386. The molecule has 1 fully saturated rings. The van der Waals surface area contributed by atoms with Gasteiger partial charge < -0.3 is 0 Å². The van der Waals surface area contributed by atoms with Crippen LogP contribution in [0.5, 0.6) is 0 Å². The van der Waals surface area contributed by atoms with Crippen LogP contribution >= 0.6 is 23.4 Å². The number of hydrogen-bond donors (Lipinski definition) is 0. The van der Waals surface area contributed by atoms with Gasteiger partial charge in [-0.3, -0.25) is 0 Å². The normalized spacial score (nSPS) is 20.4. The molecule has 0 spiro atoms. The van der Waals surface area contributed by atoms with Gasteiger partial charge in [0.2, 0.25) is 0 Å². The second-order valence-corrected chi connectivity index (χ2v) is 9.04. The van der Waals surface area contributed by atoms with Crippen LogP contribution < -0.4 is 0 Å². The van der Waals surface area contributed by atoms with E-state index in [4.69, 9.17) is 11.6 Å². The molecule has 1 saturated heterocycles. The number of rotatable bonds is 3. The molecule has 0 N–H and O–H groups in total. The van der Waals surface area contributed by atoms with E-state index >= 15 is 0 Å². The lowest BCUT2D eigenvalue weighted by atomic mass is 10.2. The van der Waals surface area contributed by atoms with Crippen LogP contribution in [-0.2, 0) is 15.9 Å². The average Bonchev–Trinajstić information content (AvgIpc) is 2.37. The van der Waals surface area contributed by atoms with E-state index in [9.17, 15) is 8.42 Å².